The van der Waals surface area contributed by atoms with Gasteiger partial charge in [-0.25, -0.2) is 9.99 Å². The second kappa shape index (κ2) is 5.69. The Morgan fingerprint density at radius 3 is 2.53 bits per heavy atom. The van der Waals surface area contributed by atoms with Crippen molar-refractivity contribution >= 4 is 5.91 Å². The predicted octanol–water partition coefficient (Wildman–Crippen LogP) is 1.84. The molecule has 0 radical (unpaired) electrons. The van der Waals surface area contributed by atoms with E-state index < -0.39 is 0 Å². The molecule has 6 nitrogen and oxygen atoms in total. The smallest absolute Gasteiger partial charge is 0.281 e. The second-order valence-corrected chi connectivity index (χ2v) is 5.68. The average molecular weight is 265 g/mol. The van der Waals surface area contributed by atoms with E-state index in [1.807, 2.05) is 18.9 Å². The summed E-state index contributed by atoms with van der Waals surface area (Å²) < 4.78 is 0. The first kappa shape index (κ1) is 14.0. The van der Waals surface area contributed by atoms with Gasteiger partial charge in [-0.2, -0.15) is 0 Å². The van der Waals surface area contributed by atoms with E-state index in [1.165, 1.54) is 6.42 Å². The lowest BCUT2D eigenvalue weighted by Gasteiger charge is -2.38. The van der Waals surface area contributed by atoms with E-state index in [2.05, 4.69) is 34.5 Å². The molecule has 2 rings (SSSR count). The zero-order valence-electron chi connectivity index (χ0n) is 12.1. The molecule has 0 bridgehead atoms. The molecule has 0 aromatic carbocycles. The van der Waals surface area contributed by atoms with Crippen molar-refractivity contribution in [2.75, 3.05) is 0 Å². The number of carbonyl (C=O) groups excluding carboxylic acids is 1. The number of hydrogen-bond donors (Lipinski definition) is 2. The molecule has 1 saturated heterocycles. The molecule has 2 heterocycles. The van der Waals surface area contributed by atoms with Crippen molar-refractivity contribution < 1.29 is 4.79 Å². The van der Waals surface area contributed by atoms with Gasteiger partial charge in [0.25, 0.3) is 0 Å². The van der Waals surface area contributed by atoms with Crippen molar-refractivity contribution in [3.05, 3.63) is 11.6 Å². The van der Waals surface area contributed by atoms with Crippen molar-refractivity contribution in [2.45, 2.75) is 65.0 Å². The van der Waals surface area contributed by atoms with Crippen LogP contribution in [0.4, 0.5) is 0 Å². The number of carbonyl (C=O) groups is 1. The molecule has 2 N–H and O–H groups in total. The van der Waals surface area contributed by atoms with Crippen LogP contribution in [0.3, 0.4) is 0 Å². The quantitative estimate of drug-likeness (QED) is 0.874. The summed E-state index contributed by atoms with van der Waals surface area (Å²) in [6.07, 6.45) is 3.43. The summed E-state index contributed by atoms with van der Waals surface area (Å²) >= 11 is 0. The van der Waals surface area contributed by atoms with E-state index in [1.54, 1.807) is 0 Å². The summed E-state index contributed by atoms with van der Waals surface area (Å²) in [5, 5.41) is 8.81. The van der Waals surface area contributed by atoms with Crippen LogP contribution in [0.25, 0.3) is 0 Å². The number of nitrogens with zero attached hydrogens (tertiary/aromatic N) is 3. The Labute approximate surface area is 113 Å². The number of hydrazine groups is 1. The van der Waals surface area contributed by atoms with Crippen LogP contribution in [-0.4, -0.2) is 38.2 Å². The Morgan fingerprint density at radius 1 is 1.37 bits per heavy atom. The Morgan fingerprint density at radius 2 is 2.00 bits per heavy atom. The van der Waals surface area contributed by atoms with Crippen LogP contribution in [0.2, 0.25) is 0 Å². The van der Waals surface area contributed by atoms with Gasteiger partial charge in [0.1, 0.15) is 5.82 Å². The molecule has 6 heteroatoms. The third kappa shape index (κ3) is 3.12. The highest BCUT2D eigenvalue weighted by molar-refractivity contribution is 5.89. The molecule has 1 amide bonds. The van der Waals surface area contributed by atoms with Gasteiger partial charge in [-0.15, -0.1) is 5.10 Å². The lowest BCUT2D eigenvalue weighted by Crippen LogP contribution is -2.54. The molecule has 19 heavy (non-hydrogen) atoms. The Hall–Kier alpha value is -1.43. The van der Waals surface area contributed by atoms with Crippen LogP contribution in [0.5, 0.6) is 0 Å². The highest BCUT2D eigenvalue weighted by Crippen LogP contribution is 2.20. The molecule has 106 valence electrons. The molecule has 1 aliphatic rings. The van der Waals surface area contributed by atoms with E-state index in [0.29, 0.717) is 12.1 Å². The van der Waals surface area contributed by atoms with Gasteiger partial charge >= 0.3 is 5.91 Å². The number of H-pyrrole nitrogens is 1. The number of piperidine rings is 1. The van der Waals surface area contributed by atoms with Crippen LogP contribution in [-0.2, 0) is 0 Å². The van der Waals surface area contributed by atoms with E-state index in [4.69, 9.17) is 0 Å². The third-order valence-corrected chi connectivity index (χ3v) is 3.68. The number of aromatic amines is 1. The van der Waals surface area contributed by atoms with E-state index in [0.717, 1.165) is 18.7 Å². The highest BCUT2D eigenvalue weighted by atomic mass is 16.2. The second-order valence-electron chi connectivity index (χ2n) is 5.68. The normalized spacial score (nSPS) is 24.7. The van der Waals surface area contributed by atoms with Gasteiger partial charge in [-0.1, -0.05) is 20.3 Å². The summed E-state index contributed by atoms with van der Waals surface area (Å²) in [6, 6.07) is 0.715. The van der Waals surface area contributed by atoms with Crippen LogP contribution in [0, 0.1) is 0 Å². The lowest BCUT2D eigenvalue weighted by atomic mass is 10.00. The molecule has 0 spiro atoms. The monoisotopic (exact) mass is 265 g/mol. The number of nitrogens with one attached hydrogen (secondary N) is 2. The highest BCUT2D eigenvalue weighted by Gasteiger charge is 2.27. The first-order chi connectivity index (χ1) is 8.99. The topological polar surface area (TPSA) is 73.9 Å². The number of aromatic nitrogens is 3. The van der Waals surface area contributed by atoms with E-state index >= 15 is 0 Å². The molecule has 2 unspecified atom stereocenters. The van der Waals surface area contributed by atoms with Crippen LogP contribution < -0.4 is 5.43 Å². The summed E-state index contributed by atoms with van der Waals surface area (Å²) in [6.45, 7) is 8.29. The molecular formula is C13H23N5O. The zero-order valence-corrected chi connectivity index (χ0v) is 12.1. The zero-order chi connectivity index (χ0) is 14.0. The Bertz CT molecular complexity index is 432. The summed E-state index contributed by atoms with van der Waals surface area (Å²) in [5.74, 6) is 0.962. The first-order valence-electron chi connectivity index (χ1n) is 7.00. The molecule has 2 atom stereocenters. The fourth-order valence-corrected chi connectivity index (χ4v) is 2.44. The van der Waals surface area contributed by atoms with Crippen molar-refractivity contribution in [2.24, 2.45) is 0 Å². The van der Waals surface area contributed by atoms with Crippen LogP contribution in [0.15, 0.2) is 0 Å². The fourth-order valence-electron chi connectivity index (χ4n) is 2.44. The van der Waals surface area contributed by atoms with Crippen molar-refractivity contribution in [3.8, 4) is 0 Å². The minimum absolute atomic E-state index is 0.216. The molecular weight excluding hydrogens is 242 g/mol. The first-order valence-corrected chi connectivity index (χ1v) is 7.00. The maximum absolute atomic E-state index is 12.1. The van der Waals surface area contributed by atoms with Gasteiger partial charge in [0.2, 0.25) is 5.82 Å². The Balaban J connectivity index is 2.03. The minimum atomic E-state index is -0.233. The predicted molar refractivity (Wildman–Crippen MR) is 72.6 cm³/mol. The number of rotatable bonds is 3. The SMILES string of the molecule is CC(C)c1nc(C(=O)NN2C(C)CCCC2C)n[nH]1. The lowest BCUT2D eigenvalue weighted by molar-refractivity contribution is 0.0362. The van der Waals surface area contributed by atoms with Gasteiger partial charge in [-0.05, 0) is 26.7 Å². The fraction of sp³-hybridized carbons (Fsp3) is 0.769. The molecule has 1 aromatic heterocycles. The molecule has 1 aliphatic heterocycles. The largest absolute Gasteiger partial charge is 0.305 e. The van der Waals surface area contributed by atoms with E-state index in [-0.39, 0.29) is 17.6 Å². The summed E-state index contributed by atoms with van der Waals surface area (Å²) in [7, 11) is 0. The minimum Gasteiger partial charge on any atom is -0.281 e. The molecule has 1 aromatic rings. The number of amides is 1. The van der Waals surface area contributed by atoms with Gasteiger partial charge in [0.15, 0.2) is 0 Å². The Kier molecular flexibility index (Phi) is 4.19. The maximum atomic E-state index is 12.1. The molecule has 0 saturated carbocycles. The van der Waals surface area contributed by atoms with Crippen LogP contribution in [0.1, 0.15) is 69.3 Å². The standard InChI is InChI=1S/C13H23N5O/c1-8(2)11-14-12(16-15-11)13(19)17-18-9(3)6-5-7-10(18)4/h8-10H,5-7H2,1-4H3,(H,17,19)(H,14,15,16). The summed E-state index contributed by atoms with van der Waals surface area (Å²) in [5.41, 5.74) is 2.94. The van der Waals surface area contributed by atoms with Crippen molar-refractivity contribution in [3.63, 3.8) is 0 Å². The van der Waals surface area contributed by atoms with Gasteiger partial charge in [-0.3, -0.25) is 15.3 Å². The van der Waals surface area contributed by atoms with Crippen molar-refractivity contribution in [1.29, 1.82) is 0 Å². The molecule has 1 fully saturated rings. The average Bonchev–Trinajstić information content (AvgIpc) is 2.83. The van der Waals surface area contributed by atoms with Gasteiger partial charge in [0.05, 0.1) is 0 Å². The van der Waals surface area contributed by atoms with Gasteiger partial charge in [0, 0.05) is 18.0 Å². The van der Waals surface area contributed by atoms with E-state index in [9.17, 15) is 4.79 Å². The third-order valence-electron chi connectivity index (χ3n) is 3.68. The summed E-state index contributed by atoms with van der Waals surface area (Å²) in [4.78, 5) is 16.4. The van der Waals surface area contributed by atoms with Gasteiger partial charge < -0.3 is 0 Å². The van der Waals surface area contributed by atoms with Crippen LogP contribution >= 0.6 is 0 Å². The maximum Gasteiger partial charge on any atom is 0.305 e. The number of hydrogen-bond acceptors (Lipinski definition) is 4. The van der Waals surface area contributed by atoms with Crippen molar-refractivity contribution in [1.82, 2.24) is 25.6 Å². The molecule has 0 aliphatic carbocycles.